The van der Waals surface area contributed by atoms with Crippen LogP contribution < -0.4 is 4.73 Å². The van der Waals surface area contributed by atoms with Crippen molar-refractivity contribution in [2.24, 2.45) is 0 Å². The van der Waals surface area contributed by atoms with Crippen LogP contribution in [0.3, 0.4) is 0 Å². The molecule has 0 bridgehead atoms. The highest BCUT2D eigenvalue weighted by Crippen LogP contribution is 2.16. The second-order valence-electron chi connectivity index (χ2n) is 5.30. The summed E-state index contributed by atoms with van der Waals surface area (Å²) >= 11 is 2.67. The number of thiophene rings is 1. The predicted molar refractivity (Wildman–Crippen MR) is 92.9 cm³/mol. The van der Waals surface area contributed by atoms with E-state index in [-0.39, 0.29) is 17.6 Å². The highest BCUT2D eigenvalue weighted by Gasteiger charge is 2.25. The van der Waals surface area contributed by atoms with Gasteiger partial charge >= 0.3 is 0 Å². The molecular weight excluding hydrogens is 346 g/mol. The predicted octanol–water partition coefficient (Wildman–Crippen LogP) is 1.46. The van der Waals surface area contributed by atoms with E-state index in [9.17, 15) is 14.8 Å². The standard InChI is InChI=1S/C16H17N3O3S2/c20-14(12-24-15-5-1-2-6-19(15)22)17-7-9-18(10-8-17)16(21)13-4-3-11-23-13/h1-6,11H,7-10,12H2. The quantitative estimate of drug-likeness (QED) is 0.469. The molecule has 0 saturated carbocycles. The average Bonchev–Trinajstić information content (AvgIpc) is 3.15. The van der Waals surface area contributed by atoms with Gasteiger partial charge in [-0.1, -0.05) is 6.07 Å². The van der Waals surface area contributed by atoms with Gasteiger partial charge in [-0.05, 0) is 29.3 Å². The van der Waals surface area contributed by atoms with E-state index in [2.05, 4.69) is 0 Å². The highest BCUT2D eigenvalue weighted by molar-refractivity contribution is 7.99. The van der Waals surface area contributed by atoms with E-state index >= 15 is 0 Å². The number of aromatic nitrogens is 1. The summed E-state index contributed by atoms with van der Waals surface area (Å²) in [5, 5.41) is 14.0. The molecule has 2 aromatic heterocycles. The largest absolute Gasteiger partial charge is 0.618 e. The molecule has 0 spiro atoms. The fraction of sp³-hybridized carbons (Fsp3) is 0.312. The lowest BCUT2D eigenvalue weighted by Crippen LogP contribution is -2.51. The molecule has 3 heterocycles. The van der Waals surface area contributed by atoms with Crippen molar-refractivity contribution >= 4 is 34.9 Å². The monoisotopic (exact) mass is 363 g/mol. The first-order valence-electron chi connectivity index (χ1n) is 7.56. The van der Waals surface area contributed by atoms with E-state index in [1.165, 1.54) is 29.3 Å². The number of pyridine rings is 1. The number of piperazine rings is 1. The topological polar surface area (TPSA) is 67.6 Å². The lowest BCUT2D eigenvalue weighted by Gasteiger charge is -2.34. The van der Waals surface area contributed by atoms with Crippen molar-refractivity contribution in [3.63, 3.8) is 0 Å². The first kappa shape index (κ1) is 16.8. The minimum Gasteiger partial charge on any atom is -0.618 e. The van der Waals surface area contributed by atoms with Crippen LogP contribution in [0, 0.1) is 5.21 Å². The number of thioether (sulfide) groups is 1. The lowest BCUT2D eigenvalue weighted by atomic mass is 10.3. The summed E-state index contributed by atoms with van der Waals surface area (Å²) in [5.41, 5.74) is 0. The Balaban J connectivity index is 1.48. The molecule has 1 aliphatic rings. The van der Waals surface area contributed by atoms with Gasteiger partial charge in [0.15, 0.2) is 6.20 Å². The Hall–Kier alpha value is -2.06. The number of amides is 2. The summed E-state index contributed by atoms with van der Waals surface area (Å²) in [6, 6.07) is 8.81. The first-order chi connectivity index (χ1) is 11.6. The maximum atomic E-state index is 12.3. The average molecular weight is 363 g/mol. The van der Waals surface area contributed by atoms with E-state index in [4.69, 9.17) is 0 Å². The van der Waals surface area contributed by atoms with E-state index < -0.39 is 0 Å². The molecule has 2 amide bonds. The number of nitrogens with zero attached hydrogens (tertiary/aromatic N) is 3. The maximum Gasteiger partial charge on any atom is 0.264 e. The molecule has 126 valence electrons. The normalized spacial score (nSPS) is 14.7. The van der Waals surface area contributed by atoms with Gasteiger partial charge in [0.05, 0.1) is 10.6 Å². The molecule has 8 heteroatoms. The van der Waals surface area contributed by atoms with Gasteiger partial charge in [0.25, 0.3) is 10.9 Å². The second-order valence-corrected chi connectivity index (χ2v) is 7.25. The van der Waals surface area contributed by atoms with Crippen molar-refractivity contribution in [2.45, 2.75) is 5.03 Å². The third-order valence-electron chi connectivity index (χ3n) is 3.78. The molecule has 0 unspecified atom stereocenters. The van der Waals surface area contributed by atoms with E-state index in [0.29, 0.717) is 31.2 Å². The molecule has 0 atom stereocenters. The van der Waals surface area contributed by atoms with Crippen LogP contribution in [0.2, 0.25) is 0 Å². The Morgan fingerprint density at radius 2 is 1.88 bits per heavy atom. The van der Waals surface area contributed by atoms with Gasteiger partial charge in [0.2, 0.25) is 5.91 Å². The summed E-state index contributed by atoms with van der Waals surface area (Å²) in [6.45, 7) is 2.14. The Morgan fingerprint density at radius 3 is 2.54 bits per heavy atom. The molecule has 0 aliphatic carbocycles. The summed E-state index contributed by atoms with van der Waals surface area (Å²) in [6.07, 6.45) is 1.42. The Kier molecular flexibility index (Phi) is 5.37. The first-order valence-corrected chi connectivity index (χ1v) is 9.43. The molecule has 6 nitrogen and oxygen atoms in total. The molecule has 0 radical (unpaired) electrons. The Bertz CT molecular complexity index is 713. The van der Waals surface area contributed by atoms with Gasteiger partial charge in [0, 0.05) is 38.3 Å². The van der Waals surface area contributed by atoms with Crippen molar-refractivity contribution in [1.29, 1.82) is 0 Å². The lowest BCUT2D eigenvalue weighted by molar-refractivity contribution is -0.645. The van der Waals surface area contributed by atoms with Gasteiger partial charge < -0.3 is 15.0 Å². The number of carbonyl (C=O) groups is 2. The van der Waals surface area contributed by atoms with Crippen molar-refractivity contribution in [3.8, 4) is 0 Å². The van der Waals surface area contributed by atoms with Crippen LogP contribution >= 0.6 is 23.1 Å². The zero-order valence-electron chi connectivity index (χ0n) is 13.0. The summed E-state index contributed by atoms with van der Waals surface area (Å²) in [4.78, 5) is 28.8. The number of carbonyl (C=O) groups excluding carboxylic acids is 2. The van der Waals surface area contributed by atoms with Gasteiger partial charge in [-0.15, -0.1) is 11.3 Å². The highest BCUT2D eigenvalue weighted by atomic mass is 32.2. The van der Waals surface area contributed by atoms with E-state index in [1.54, 1.807) is 28.0 Å². The fourth-order valence-corrected chi connectivity index (χ4v) is 3.97. The van der Waals surface area contributed by atoms with Crippen LogP contribution in [0.1, 0.15) is 9.67 Å². The Labute approximate surface area is 148 Å². The Morgan fingerprint density at radius 1 is 1.12 bits per heavy atom. The number of hydrogen-bond acceptors (Lipinski definition) is 5. The van der Waals surface area contributed by atoms with E-state index in [1.807, 2.05) is 17.5 Å². The molecule has 1 aliphatic heterocycles. The van der Waals surface area contributed by atoms with Gasteiger partial charge in [-0.3, -0.25) is 9.59 Å². The molecule has 3 rings (SSSR count). The third kappa shape index (κ3) is 3.88. The van der Waals surface area contributed by atoms with Crippen LogP contribution in [-0.4, -0.2) is 53.5 Å². The minimum atomic E-state index is -0.00734. The van der Waals surface area contributed by atoms with Crippen molar-refractivity contribution < 1.29 is 14.3 Å². The maximum absolute atomic E-state index is 12.3. The summed E-state index contributed by atoms with van der Waals surface area (Å²) in [5.74, 6) is 0.251. The number of hydrogen-bond donors (Lipinski definition) is 0. The van der Waals surface area contributed by atoms with Crippen LogP contribution in [-0.2, 0) is 4.79 Å². The number of rotatable bonds is 4. The van der Waals surface area contributed by atoms with Gasteiger partial charge in [-0.25, -0.2) is 0 Å². The molecule has 1 saturated heterocycles. The molecule has 1 fully saturated rings. The van der Waals surface area contributed by atoms with Crippen LogP contribution in [0.25, 0.3) is 0 Å². The van der Waals surface area contributed by atoms with Crippen LogP contribution in [0.15, 0.2) is 46.9 Å². The molecule has 0 N–H and O–H groups in total. The van der Waals surface area contributed by atoms with Crippen molar-refractivity contribution in [2.75, 3.05) is 31.9 Å². The van der Waals surface area contributed by atoms with Crippen LogP contribution in [0.5, 0.6) is 0 Å². The molecule has 2 aromatic rings. The minimum absolute atomic E-state index is 0.00734. The van der Waals surface area contributed by atoms with Gasteiger partial charge in [0.1, 0.15) is 0 Å². The van der Waals surface area contributed by atoms with Gasteiger partial charge in [-0.2, -0.15) is 4.73 Å². The zero-order valence-corrected chi connectivity index (χ0v) is 14.6. The molecule has 24 heavy (non-hydrogen) atoms. The fourth-order valence-electron chi connectivity index (χ4n) is 2.47. The molecule has 0 aromatic carbocycles. The summed E-state index contributed by atoms with van der Waals surface area (Å²) < 4.78 is 0.760. The van der Waals surface area contributed by atoms with E-state index in [0.717, 1.165) is 9.61 Å². The third-order valence-corrected chi connectivity index (χ3v) is 5.64. The summed E-state index contributed by atoms with van der Waals surface area (Å²) in [7, 11) is 0. The zero-order chi connectivity index (χ0) is 16.9. The van der Waals surface area contributed by atoms with Crippen molar-refractivity contribution in [3.05, 3.63) is 52.0 Å². The van der Waals surface area contributed by atoms with Crippen LogP contribution in [0.4, 0.5) is 0 Å². The molecular formula is C16H17N3O3S2. The van der Waals surface area contributed by atoms with Crippen molar-refractivity contribution in [1.82, 2.24) is 9.80 Å². The second kappa shape index (κ2) is 7.67. The smallest absolute Gasteiger partial charge is 0.264 e. The SMILES string of the molecule is O=C(CSc1cccc[n+]1[O-])N1CCN(C(=O)c2cccs2)CC1.